The lowest BCUT2D eigenvalue weighted by molar-refractivity contribution is 0.117. The normalized spacial score (nSPS) is 31.6. The highest BCUT2D eigenvalue weighted by Gasteiger charge is 2.30. The molecule has 0 aromatic heterocycles. The molecule has 2 aliphatic carbocycles. The molecule has 0 heterocycles. The predicted molar refractivity (Wildman–Crippen MR) is 81.4 cm³/mol. The Balaban J connectivity index is 1.72. The van der Waals surface area contributed by atoms with E-state index in [1.807, 2.05) is 0 Å². The Labute approximate surface area is 119 Å². The maximum atomic E-state index is 5.51. The van der Waals surface area contributed by atoms with Gasteiger partial charge in [0.25, 0.3) is 0 Å². The molecule has 2 rings (SSSR count). The SMILES string of the molecule is CCOCCCC1CC(CC)CCC1CNC1CC1. The van der Waals surface area contributed by atoms with E-state index in [2.05, 4.69) is 19.2 Å². The summed E-state index contributed by atoms with van der Waals surface area (Å²) in [4.78, 5) is 0. The molecule has 0 radical (unpaired) electrons. The van der Waals surface area contributed by atoms with Gasteiger partial charge in [0.15, 0.2) is 0 Å². The highest BCUT2D eigenvalue weighted by molar-refractivity contribution is 4.86. The van der Waals surface area contributed by atoms with E-state index in [0.29, 0.717) is 0 Å². The predicted octanol–water partition coefficient (Wildman–Crippen LogP) is 4.00. The summed E-state index contributed by atoms with van der Waals surface area (Å²) in [6, 6.07) is 0.868. The van der Waals surface area contributed by atoms with E-state index in [1.54, 1.807) is 0 Å². The van der Waals surface area contributed by atoms with Crippen molar-refractivity contribution in [3.05, 3.63) is 0 Å². The van der Waals surface area contributed by atoms with Gasteiger partial charge in [-0.25, -0.2) is 0 Å². The van der Waals surface area contributed by atoms with Gasteiger partial charge in [-0.2, -0.15) is 0 Å². The highest BCUT2D eigenvalue weighted by atomic mass is 16.5. The first-order chi connectivity index (χ1) is 9.33. The van der Waals surface area contributed by atoms with E-state index in [9.17, 15) is 0 Å². The largest absolute Gasteiger partial charge is 0.382 e. The summed E-state index contributed by atoms with van der Waals surface area (Å²) in [5, 5.41) is 3.76. The highest BCUT2D eigenvalue weighted by Crippen LogP contribution is 2.38. The summed E-state index contributed by atoms with van der Waals surface area (Å²) in [6.45, 7) is 7.57. The average Bonchev–Trinajstić information content (AvgIpc) is 3.26. The Bertz CT molecular complexity index is 239. The Morgan fingerprint density at radius 3 is 2.58 bits per heavy atom. The van der Waals surface area contributed by atoms with Gasteiger partial charge in [0.05, 0.1) is 0 Å². The molecule has 112 valence electrons. The van der Waals surface area contributed by atoms with Crippen LogP contribution in [-0.2, 0) is 4.74 Å². The first-order valence-electron chi connectivity index (χ1n) is 8.64. The van der Waals surface area contributed by atoms with Gasteiger partial charge in [0, 0.05) is 19.3 Å². The minimum absolute atomic E-state index is 0.868. The summed E-state index contributed by atoms with van der Waals surface area (Å²) in [5.41, 5.74) is 0. The van der Waals surface area contributed by atoms with Gasteiger partial charge < -0.3 is 10.1 Å². The molecule has 0 spiro atoms. The van der Waals surface area contributed by atoms with Crippen LogP contribution in [-0.4, -0.2) is 25.8 Å². The lowest BCUT2D eigenvalue weighted by Gasteiger charge is -2.36. The van der Waals surface area contributed by atoms with Crippen LogP contribution in [0.15, 0.2) is 0 Å². The van der Waals surface area contributed by atoms with Crippen LogP contribution in [0, 0.1) is 17.8 Å². The van der Waals surface area contributed by atoms with E-state index in [4.69, 9.17) is 4.74 Å². The number of nitrogens with one attached hydrogen (secondary N) is 1. The minimum atomic E-state index is 0.868. The molecule has 0 aromatic rings. The average molecular weight is 267 g/mol. The van der Waals surface area contributed by atoms with E-state index in [-0.39, 0.29) is 0 Å². The maximum absolute atomic E-state index is 5.51. The molecule has 3 atom stereocenters. The van der Waals surface area contributed by atoms with Gasteiger partial charge in [-0.3, -0.25) is 0 Å². The zero-order valence-electron chi connectivity index (χ0n) is 13.0. The van der Waals surface area contributed by atoms with Crippen molar-refractivity contribution in [2.75, 3.05) is 19.8 Å². The first-order valence-corrected chi connectivity index (χ1v) is 8.64. The number of ether oxygens (including phenoxy) is 1. The third-order valence-corrected chi connectivity index (χ3v) is 5.14. The Kier molecular flexibility index (Phi) is 6.66. The van der Waals surface area contributed by atoms with Crippen molar-refractivity contribution in [2.24, 2.45) is 17.8 Å². The molecular weight excluding hydrogens is 234 g/mol. The summed E-state index contributed by atoms with van der Waals surface area (Å²) in [6.07, 6.45) is 11.2. The van der Waals surface area contributed by atoms with E-state index >= 15 is 0 Å². The van der Waals surface area contributed by atoms with Crippen molar-refractivity contribution >= 4 is 0 Å². The molecule has 2 aliphatic rings. The second-order valence-corrected chi connectivity index (χ2v) is 6.63. The van der Waals surface area contributed by atoms with Crippen LogP contribution in [0.3, 0.4) is 0 Å². The van der Waals surface area contributed by atoms with Crippen molar-refractivity contribution in [3.8, 4) is 0 Å². The van der Waals surface area contributed by atoms with Gasteiger partial charge in [-0.1, -0.05) is 19.8 Å². The Morgan fingerprint density at radius 1 is 1.05 bits per heavy atom. The lowest BCUT2D eigenvalue weighted by atomic mass is 9.71. The second kappa shape index (κ2) is 8.26. The standard InChI is InChI=1S/C17H33NO/c1-3-14-7-8-16(13-18-17-9-10-17)15(12-14)6-5-11-19-4-2/h14-18H,3-13H2,1-2H3. The number of rotatable bonds is 9. The van der Waals surface area contributed by atoms with Crippen molar-refractivity contribution in [3.63, 3.8) is 0 Å². The fraction of sp³-hybridized carbons (Fsp3) is 1.00. The van der Waals surface area contributed by atoms with Crippen LogP contribution in [0.5, 0.6) is 0 Å². The quantitative estimate of drug-likeness (QED) is 0.638. The van der Waals surface area contributed by atoms with Crippen LogP contribution in [0.25, 0.3) is 0 Å². The summed E-state index contributed by atoms with van der Waals surface area (Å²) in [7, 11) is 0. The molecule has 2 heteroatoms. The lowest BCUT2D eigenvalue weighted by Crippen LogP contribution is -2.34. The summed E-state index contributed by atoms with van der Waals surface area (Å²) >= 11 is 0. The van der Waals surface area contributed by atoms with Crippen LogP contribution < -0.4 is 5.32 Å². The van der Waals surface area contributed by atoms with Gasteiger partial charge >= 0.3 is 0 Å². The zero-order valence-corrected chi connectivity index (χ0v) is 13.0. The topological polar surface area (TPSA) is 21.3 Å². The van der Waals surface area contributed by atoms with Crippen molar-refractivity contribution in [1.82, 2.24) is 5.32 Å². The molecule has 0 aromatic carbocycles. The number of hydrogen-bond donors (Lipinski definition) is 1. The van der Waals surface area contributed by atoms with E-state index in [1.165, 1.54) is 57.9 Å². The van der Waals surface area contributed by atoms with E-state index < -0.39 is 0 Å². The summed E-state index contributed by atoms with van der Waals surface area (Å²) in [5.74, 6) is 2.88. The van der Waals surface area contributed by atoms with Crippen molar-refractivity contribution in [2.45, 2.75) is 71.3 Å². The molecule has 19 heavy (non-hydrogen) atoms. The molecule has 2 saturated carbocycles. The maximum Gasteiger partial charge on any atom is 0.0465 e. The first kappa shape index (κ1) is 15.3. The molecule has 2 fully saturated rings. The fourth-order valence-corrected chi connectivity index (χ4v) is 3.61. The third kappa shape index (κ3) is 5.43. The third-order valence-electron chi connectivity index (χ3n) is 5.14. The molecule has 0 aliphatic heterocycles. The molecular formula is C17H33NO. The molecule has 0 bridgehead atoms. The van der Waals surface area contributed by atoms with E-state index in [0.717, 1.165) is 37.0 Å². The van der Waals surface area contributed by atoms with Gasteiger partial charge in [0.1, 0.15) is 0 Å². The van der Waals surface area contributed by atoms with Crippen molar-refractivity contribution in [1.29, 1.82) is 0 Å². The summed E-state index contributed by atoms with van der Waals surface area (Å²) < 4.78 is 5.51. The Morgan fingerprint density at radius 2 is 1.89 bits per heavy atom. The van der Waals surface area contributed by atoms with Crippen molar-refractivity contribution < 1.29 is 4.74 Å². The Hall–Kier alpha value is -0.0800. The van der Waals surface area contributed by atoms with Crippen LogP contribution in [0.4, 0.5) is 0 Å². The minimum Gasteiger partial charge on any atom is -0.382 e. The fourth-order valence-electron chi connectivity index (χ4n) is 3.61. The zero-order chi connectivity index (χ0) is 13.5. The van der Waals surface area contributed by atoms with Crippen LogP contribution in [0.1, 0.15) is 65.2 Å². The molecule has 0 amide bonds. The van der Waals surface area contributed by atoms with Gasteiger partial charge in [-0.15, -0.1) is 0 Å². The monoisotopic (exact) mass is 267 g/mol. The van der Waals surface area contributed by atoms with Crippen LogP contribution >= 0.6 is 0 Å². The smallest absolute Gasteiger partial charge is 0.0465 e. The molecule has 1 N–H and O–H groups in total. The van der Waals surface area contributed by atoms with Crippen LogP contribution in [0.2, 0.25) is 0 Å². The molecule has 3 unspecified atom stereocenters. The molecule has 0 saturated heterocycles. The number of hydrogen-bond acceptors (Lipinski definition) is 2. The molecule has 2 nitrogen and oxygen atoms in total. The van der Waals surface area contributed by atoms with Gasteiger partial charge in [-0.05, 0) is 69.7 Å². The second-order valence-electron chi connectivity index (χ2n) is 6.63. The van der Waals surface area contributed by atoms with Gasteiger partial charge in [0.2, 0.25) is 0 Å².